The molecule has 0 bridgehead atoms. The molecule has 1 rings (SSSR count). The minimum Gasteiger partial charge on any atom is -0.378 e. The Morgan fingerprint density at radius 1 is 1.44 bits per heavy atom. The summed E-state index contributed by atoms with van der Waals surface area (Å²) in [5.74, 6) is 0.0825. The highest BCUT2D eigenvalue weighted by Crippen LogP contribution is 2.51. The molecule has 4 heteroatoms. The van der Waals surface area contributed by atoms with Crippen molar-refractivity contribution in [2.24, 2.45) is 5.41 Å². The highest BCUT2D eigenvalue weighted by Gasteiger charge is 2.57. The van der Waals surface area contributed by atoms with Crippen LogP contribution in [0.15, 0.2) is 0 Å². The van der Waals surface area contributed by atoms with Crippen LogP contribution in [0.5, 0.6) is 0 Å². The predicted molar refractivity (Wildman–Crippen MR) is 64.3 cm³/mol. The van der Waals surface area contributed by atoms with Crippen molar-refractivity contribution in [2.45, 2.75) is 45.3 Å². The fraction of sp³-hybridized carbons (Fsp3) is 0.917. The average Bonchev–Trinajstić information content (AvgIpc) is 2.27. The van der Waals surface area contributed by atoms with E-state index in [1.165, 1.54) is 0 Å². The number of rotatable bonds is 5. The first kappa shape index (κ1) is 13.5. The van der Waals surface area contributed by atoms with Gasteiger partial charge in [-0.2, -0.15) is 0 Å². The van der Waals surface area contributed by atoms with Gasteiger partial charge in [-0.1, -0.05) is 13.8 Å². The molecule has 0 aromatic carbocycles. The number of nitrogens with one attached hydrogen (secondary N) is 2. The first-order valence-electron chi connectivity index (χ1n) is 5.86. The molecule has 0 aromatic heterocycles. The molecule has 2 unspecified atom stereocenters. The van der Waals surface area contributed by atoms with Crippen LogP contribution in [-0.4, -0.2) is 38.3 Å². The van der Waals surface area contributed by atoms with Crippen LogP contribution in [0, 0.1) is 5.41 Å². The number of ether oxygens (including phenoxy) is 1. The van der Waals surface area contributed by atoms with Gasteiger partial charge in [0.15, 0.2) is 0 Å². The van der Waals surface area contributed by atoms with Gasteiger partial charge in [0, 0.05) is 38.6 Å². The lowest BCUT2D eigenvalue weighted by Gasteiger charge is -2.59. The summed E-state index contributed by atoms with van der Waals surface area (Å²) in [6.45, 7) is 7.28. The minimum absolute atomic E-state index is 0.0440. The van der Waals surface area contributed by atoms with E-state index < -0.39 is 0 Å². The third-order valence-corrected chi connectivity index (χ3v) is 4.30. The number of amides is 1. The van der Waals surface area contributed by atoms with E-state index in [4.69, 9.17) is 4.74 Å². The van der Waals surface area contributed by atoms with Gasteiger partial charge in [-0.05, 0) is 13.3 Å². The van der Waals surface area contributed by atoms with Gasteiger partial charge in [-0.25, -0.2) is 0 Å². The number of hydrogen-bond acceptors (Lipinski definition) is 3. The van der Waals surface area contributed by atoms with E-state index >= 15 is 0 Å². The quantitative estimate of drug-likeness (QED) is 0.735. The Kier molecular flexibility index (Phi) is 3.97. The Labute approximate surface area is 98.1 Å². The summed E-state index contributed by atoms with van der Waals surface area (Å²) in [4.78, 5) is 11.1. The van der Waals surface area contributed by atoms with Crippen molar-refractivity contribution in [3.63, 3.8) is 0 Å². The zero-order valence-electron chi connectivity index (χ0n) is 11.0. The Balaban J connectivity index is 2.34. The highest BCUT2D eigenvalue weighted by molar-refractivity contribution is 5.75. The summed E-state index contributed by atoms with van der Waals surface area (Å²) in [5.41, 5.74) is 0.0716. The minimum atomic E-state index is -0.0440. The molecule has 1 aliphatic rings. The lowest BCUT2D eigenvalue weighted by Crippen LogP contribution is -2.68. The fourth-order valence-electron chi connectivity index (χ4n) is 2.30. The average molecular weight is 228 g/mol. The van der Waals surface area contributed by atoms with Crippen LogP contribution in [0.3, 0.4) is 0 Å². The maximum absolute atomic E-state index is 11.1. The first-order valence-corrected chi connectivity index (χ1v) is 5.86. The summed E-state index contributed by atoms with van der Waals surface area (Å²) in [6, 6.07) is 0.433. The molecule has 1 saturated carbocycles. The highest BCUT2D eigenvalue weighted by atomic mass is 16.5. The van der Waals surface area contributed by atoms with Gasteiger partial charge in [0.1, 0.15) is 0 Å². The third-order valence-electron chi connectivity index (χ3n) is 4.30. The summed E-state index contributed by atoms with van der Waals surface area (Å²) in [6.07, 6.45) is 1.54. The second-order valence-electron chi connectivity index (χ2n) is 5.29. The van der Waals surface area contributed by atoms with Gasteiger partial charge >= 0.3 is 0 Å². The maximum Gasteiger partial charge on any atom is 0.221 e. The number of hydrogen-bond donors (Lipinski definition) is 2. The van der Waals surface area contributed by atoms with Gasteiger partial charge < -0.3 is 15.4 Å². The van der Waals surface area contributed by atoms with Gasteiger partial charge in [0.2, 0.25) is 5.91 Å². The number of carbonyl (C=O) groups is 1. The van der Waals surface area contributed by atoms with E-state index in [0.29, 0.717) is 12.5 Å². The normalized spacial score (nSPS) is 31.9. The summed E-state index contributed by atoms with van der Waals surface area (Å²) in [7, 11) is 3.43. The third kappa shape index (κ3) is 2.23. The second kappa shape index (κ2) is 4.72. The smallest absolute Gasteiger partial charge is 0.221 e. The monoisotopic (exact) mass is 228 g/mol. The van der Waals surface area contributed by atoms with E-state index in [9.17, 15) is 4.79 Å². The van der Waals surface area contributed by atoms with Crippen molar-refractivity contribution in [1.82, 2.24) is 10.6 Å². The molecule has 0 aliphatic heterocycles. The molecule has 0 spiro atoms. The zero-order valence-corrected chi connectivity index (χ0v) is 11.0. The molecule has 0 radical (unpaired) electrons. The van der Waals surface area contributed by atoms with Crippen molar-refractivity contribution >= 4 is 5.91 Å². The van der Waals surface area contributed by atoms with E-state index in [1.54, 1.807) is 14.2 Å². The topological polar surface area (TPSA) is 50.4 Å². The molecule has 1 fully saturated rings. The van der Waals surface area contributed by atoms with Crippen molar-refractivity contribution in [1.29, 1.82) is 0 Å². The first-order chi connectivity index (χ1) is 7.37. The molecule has 0 heterocycles. The van der Waals surface area contributed by atoms with Crippen LogP contribution in [0.2, 0.25) is 0 Å². The molecule has 16 heavy (non-hydrogen) atoms. The van der Waals surface area contributed by atoms with Crippen molar-refractivity contribution in [3.05, 3.63) is 0 Å². The van der Waals surface area contributed by atoms with E-state index in [0.717, 1.165) is 13.0 Å². The zero-order chi connectivity index (χ0) is 12.4. The van der Waals surface area contributed by atoms with Crippen LogP contribution in [0.1, 0.15) is 33.6 Å². The number of methoxy groups -OCH3 is 1. The maximum atomic E-state index is 11.1. The van der Waals surface area contributed by atoms with Crippen molar-refractivity contribution < 1.29 is 9.53 Å². The number of carbonyl (C=O) groups excluding carboxylic acids is 1. The molecular formula is C12H24N2O2. The van der Waals surface area contributed by atoms with E-state index in [1.807, 2.05) is 0 Å². The molecule has 2 N–H and O–H groups in total. The van der Waals surface area contributed by atoms with Crippen LogP contribution < -0.4 is 10.6 Å². The largest absolute Gasteiger partial charge is 0.378 e. The lowest BCUT2D eigenvalue weighted by molar-refractivity contribution is -0.180. The molecule has 4 nitrogen and oxygen atoms in total. The van der Waals surface area contributed by atoms with Crippen molar-refractivity contribution in [2.75, 3.05) is 20.7 Å². The van der Waals surface area contributed by atoms with Crippen LogP contribution >= 0.6 is 0 Å². The molecule has 1 aliphatic carbocycles. The van der Waals surface area contributed by atoms with Crippen LogP contribution in [-0.2, 0) is 9.53 Å². The molecule has 94 valence electrons. The standard InChI is InChI=1S/C12H24N2O2/c1-11(2)9(8-12(11,3)16-5)14-7-6-10(15)13-4/h9,14H,6-8H2,1-5H3,(H,13,15). The van der Waals surface area contributed by atoms with Gasteiger partial charge in [0.05, 0.1) is 5.60 Å². The van der Waals surface area contributed by atoms with E-state index in [-0.39, 0.29) is 16.9 Å². The molecule has 0 aromatic rings. The summed E-state index contributed by atoms with van der Waals surface area (Å²) < 4.78 is 5.55. The summed E-state index contributed by atoms with van der Waals surface area (Å²) >= 11 is 0. The van der Waals surface area contributed by atoms with Gasteiger partial charge in [-0.15, -0.1) is 0 Å². The fourth-order valence-corrected chi connectivity index (χ4v) is 2.30. The summed E-state index contributed by atoms with van der Waals surface area (Å²) in [5, 5.41) is 6.04. The Morgan fingerprint density at radius 2 is 2.06 bits per heavy atom. The van der Waals surface area contributed by atoms with Crippen LogP contribution in [0.4, 0.5) is 0 Å². The van der Waals surface area contributed by atoms with E-state index in [2.05, 4.69) is 31.4 Å². The Hall–Kier alpha value is -0.610. The lowest BCUT2D eigenvalue weighted by atomic mass is 9.56. The molecule has 1 amide bonds. The molecule has 2 atom stereocenters. The molecular weight excluding hydrogens is 204 g/mol. The molecule has 0 saturated heterocycles. The Bertz CT molecular complexity index is 266. The van der Waals surface area contributed by atoms with Gasteiger partial charge in [0.25, 0.3) is 0 Å². The predicted octanol–water partition coefficient (Wildman–Crippen LogP) is 0.916. The van der Waals surface area contributed by atoms with Crippen LogP contribution in [0.25, 0.3) is 0 Å². The SMILES string of the molecule is CNC(=O)CCNC1CC(C)(OC)C1(C)C. The second-order valence-corrected chi connectivity index (χ2v) is 5.29. The Morgan fingerprint density at radius 3 is 2.50 bits per heavy atom. The van der Waals surface area contributed by atoms with Gasteiger partial charge in [-0.3, -0.25) is 4.79 Å². The van der Waals surface area contributed by atoms with Crippen molar-refractivity contribution in [3.8, 4) is 0 Å².